The fourth-order valence-electron chi connectivity index (χ4n) is 0.833. The fraction of sp³-hybridized carbons (Fsp3) is 0. The third-order valence-corrected chi connectivity index (χ3v) is 1.37. The molecule has 0 amide bonds. The molecule has 7 heteroatoms. The van der Waals surface area contributed by atoms with Crippen LogP contribution < -0.4 is 56.5 Å². The predicted octanol–water partition coefficient (Wildman–Crippen LogP) is -4.51. The van der Waals surface area contributed by atoms with Crippen LogP contribution in [-0.4, -0.2) is 25.6 Å². The zero-order valence-corrected chi connectivity index (χ0v) is 9.96. The molecule has 0 bridgehead atoms. The van der Waals surface area contributed by atoms with Gasteiger partial charge in [0.1, 0.15) is 12.0 Å². The number of hydrogen-bond acceptors (Lipinski definition) is 5. The Morgan fingerprint density at radius 1 is 1.46 bits per heavy atom. The third-order valence-electron chi connectivity index (χ3n) is 1.37. The van der Waals surface area contributed by atoms with Crippen molar-refractivity contribution in [1.82, 2.24) is 19.6 Å². The Bertz CT molecular complexity index is 441. The van der Waals surface area contributed by atoms with E-state index in [1.165, 1.54) is 23.2 Å². The number of aromatic carboxylic acids is 1. The monoisotopic (exact) mass is 202 g/mol. The van der Waals surface area contributed by atoms with Crippen LogP contribution in [0, 0.1) is 0 Å². The fourth-order valence-corrected chi connectivity index (χ4v) is 0.833. The van der Waals surface area contributed by atoms with Gasteiger partial charge < -0.3 is 9.90 Å². The van der Waals surface area contributed by atoms with Crippen molar-refractivity contribution in [2.75, 3.05) is 0 Å². The zero-order chi connectivity index (χ0) is 8.55. The van der Waals surface area contributed by atoms with Crippen LogP contribution in [0.3, 0.4) is 0 Å². The third kappa shape index (κ3) is 2.12. The number of carboxylic acids is 1. The molecule has 0 spiro atoms. The van der Waals surface area contributed by atoms with Crippen LogP contribution in [-0.2, 0) is 0 Å². The van der Waals surface area contributed by atoms with E-state index in [1.807, 2.05) is 0 Å². The molecule has 2 aromatic heterocycles. The van der Waals surface area contributed by atoms with Gasteiger partial charge in [-0.1, -0.05) is 0 Å². The Balaban J connectivity index is 0.000000845. The molecule has 0 fully saturated rings. The molecule has 0 aliphatic heterocycles. The van der Waals surface area contributed by atoms with Gasteiger partial charge in [-0.25, -0.2) is 14.5 Å². The Kier molecular flexibility index (Phi) is 3.51. The van der Waals surface area contributed by atoms with Crippen LogP contribution >= 0.6 is 0 Å². The molecule has 0 saturated heterocycles. The van der Waals surface area contributed by atoms with Gasteiger partial charge in [-0.3, -0.25) is 0 Å². The molecule has 0 aromatic carbocycles. The molecule has 13 heavy (non-hydrogen) atoms. The minimum Gasteiger partial charge on any atom is -0.543 e. The van der Waals surface area contributed by atoms with Gasteiger partial charge >= 0.3 is 51.4 Å². The second kappa shape index (κ2) is 4.25. The number of hydrogen-bond donors (Lipinski definition) is 0. The van der Waals surface area contributed by atoms with E-state index in [0.717, 1.165) is 0 Å². The standard InChI is InChI=1S/C6H4N4O2.K/c11-6(12)4-2-10-5(1-7-4)8-3-9-10;/h1-3H,(H,11,12);/q;+1/p-1. The van der Waals surface area contributed by atoms with E-state index in [2.05, 4.69) is 15.1 Å². The zero-order valence-electron chi connectivity index (χ0n) is 6.84. The maximum absolute atomic E-state index is 10.3. The van der Waals surface area contributed by atoms with Crippen LogP contribution in [0.1, 0.15) is 10.5 Å². The summed E-state index contributed by atoms with van der Waals surface area (Å²) in [6, 6.07) is 0. The minimum atomic E-state index is -1.33. The van der Waals surface area contributed by atoms with Gasteiger partial charge in [-0.15, -0.1) is 0 Å². The summed E-state index contributed by atoms with van der Waals surface area (Å²) in [5.41, 5.74) is 0.341. The van der Waals surface area contributed by atoms with Crippen molar-refractivity contribution < 1.29 is 61.3 Å². The summed E-state index contributed by atoms with van der Waals surface area (Å²) in [6.07, 6.45) is 3.88. The van der Waals surface area contributed by atoms with Crippen molar-refractivity contribution in [3.05, 3.63) is 24.4 Å². The molecule has 2 heterocycles. The maximum atomic E-state index is 10.3. The topological polar surface area (TPSA) is 83.2 Å². The molecule has 0 aliphatic rings. The Labute approximate surface area is 115 Å². The van der Waals surface area contributed by atoms with Gasteiger partial charge in [0.15, 0.2) is 5.65 Å². The average molecular weight is 202 g/mol. The molecule has 0 aliphatic carbocycles. The smallest absolute Gasteiger partial charge is 0.543 e. The summed E-state index contributed by atoms with van der Waals surface area (Å²) in [7, 11) is 0. The van der Waals surface area contributed by atoms with Crippen molar-refractivity contribution in [2.45, 2.75) is 0 Å². The van der Waals surface area contributed by atoms with Gasteiger partial charge in [0.2, 0.25) is 0 Å². The Morgan fingerprint density at radius 2 is 2.23 bits per heavy atom. The average Bonchev–Trinajstić information content (AvgIpc) is 2.49. The van der Waals surface area contributed by atoms with Crippen LogP contribution in [0.15, 0.2) is 18.7 Å². The van der Waals surface area contributed by atoms with Crippen molar-refractivity contribution in [1.29, 1.82) is 0 Å². The van der Waals surface area contributed by atoms with Gasteiger partial charge in [0, 0.05) is 0 Å². The number of nitrogens with zero attached hydrogens (tertiary/aromatic N) is 4. The molecule has 0 radical (unpaired) electrons. The molecular weight excluding hydrogens is 199 g/mol. The number of carbonyl (C=O) groups is 1. The van der Waals surface area contributed by atoms with E-state index < -0.39 is 5.97 Å². The summed E-state index contributed by atoms with van der Waals surface area (Å²) < 4.78 is 1.32. The number of fused-ring (bicyclic) bond motifs is 1. The number of carboxylic acid groups (broad SMARTS) is 1. The maximum Gasteiger partial charge on any atom is 1.00 e. The van der Waals surface area contributed by atoms with Crippen LogP contribution in [0.4, 0.5) is 0 Å². The van der Waals surface area contributed by atoms with Crippen molar-refractivity contribution in [3.8, 4) is 0 Å². The first kappa shape index (κ1) is 10.7. The second-order valence-electron chi connectivity index (χ2n) is 2.12. The molecule has 0 unspecified atom stereocenters. The molecule has 0 saturated carbocycles. The number of aromatic nitrogens is 4. The van der Waals surface area contributed by atoms with Gasteiger partial charge in [0.25, 0.3) is 0 Å². The molecular formula is C6H3KN4O2. The summed E-state index contributed by atoms with van der Waals surface area (Å²) in [4.78, 5) is 17.7. The molecule has 0 atom stereocenters. The van der Waals surface area contributed by atoms with E-state index in [4.69, 9.17) is 0 Å². The molecule has 6 nitrogen and oxygen atoms in total. The summed E-state index contributed by atoms with van der Waals surface area (Å²) in [5, 5.41) is 14.1. The minimum absolute atomic E-state index is 0. The SMILES string of the molecule is O=C([O-])c1cn2ncnc2cn1.[K+]. The van der Waals surface area contributed by atoms with Crippen molar-refractivity contribution >= 4 is 11.6 Å². The van der Waals surface area contributed by atoms with Gasteiger partial charge in [-0.05, 0) is 0 Å². The quantitative estimate of drug-likeness (QED) is 0.435. The molecule has 2 aromatic rings. The Morgan fingerprint density at radius 3 is 2.92 bits per heavy atom. The summed E-state index contributed by atoms with van der Waals surface area (Å²) >= 11 is 0. The van der Waals surface area contributed by atoms with Crippen LogP contribution in [0.5, 0.6) is 0 Å². The van der Waals surface area contributed by atoms with E-state index in [1.54, 1.807) is 0 Å². The van der Waals surface area contributed by atoms with E-state index in [9.17, 15) is 9.90 Å². The first-order valence-electron chi connectivity index (χ1n) is 3.14. The first-order chi connectivity index (χ1) is 5.77. The van der Waals surface area contributed by atoms with Gasteiger partial charge in [0.05, 0.1) is 18.4 Å². The van der Waals surface area contributed by atoms with Crippen molar-refractivity contribution in [2.24, 2.45) is 0 Å². The Hall–Kier alpha value is -0.344. The van der Waals surface area contributed by atoms with Crippen LogP contribution in [0.2, 0.25) is 0 Å². The second-order valence-corrected chi connectivity index (χ2v) is 2.12. The van der Waals surface area contributed by atoms with Gasteiger partial charge in [-0.2, -0.15) is 5.10 Å². The number of carbonyl (C=O) groups excluding carboxylic acids is 1. The predicted molar refractivity (Wildman–Crippen MR) is 35.1 cm³/mol. The van der Waals surface area contributed by atoms with E-state index in [-0.39, 0.29) is 57.1 Å². The van der Waals surface area contributed by atoms with Crippen LogP contribution in [0.25, 0.3) is 5.65 Å². The normalized spacial score (nSPS) is 9.54. The van der Waals surface area contributed by atoms with E-state index >= 15 is 0 Å². The van der Waals surface area contributed by atoms with E-state index in [0.29, 0.717) is 5.65 Å². The first-order valence-corrected chi connectivity index (χ1v) is 3.14. The molecule has 2 rings (SSSR count). The summed E-state index contributed by atoms with van der Waals surface area (Å²) in [6.45, 7) is 0. The van der Waals surface area contributed by atoms with Crippen molar-refractivity contribution in [3.63, 3.8) is 0 Å². The molecule has 0 N–H and O–H groups in total. The number of rotatable bonds is 1. The molecule has 60 valence electrons. The summed E-state index contributed by atoms with van der Waals surface area (Å²) in [5.74, 6) is -1.33. The largest absolute Gasteiger partial charge is 1.00 e.